The molecule has 1 saturated carbocycles. The molecule has 31 heavy (non-hydrogen) atoms. The Kier molecular flexibility index (Phi) is 4.33. The average Bonchev–Trinajstić information content (AvgIpc) is 2.97. The number of fused-ring (bicyclic) bond motifs is 2. The Balaban J connectivity index is 1.68. The zero-order valence-corrected chi connectivity index (χ0v) is 17.9. The Morgan fingerprint density at radius 3 is 2.77 bits per heavy atom. The Bertz CT molecular complexity index is 1150. The average molecular weight is 415 g/mol. The fraction of sp³-hybridized carbons (Fsp3) is 0.400. The van der Waals surface area contributed by atoms with E-state index in [1.54, 1.807) is 13.1 Å². The van der Waals surface area contributed by atoms with Gasteiger partial charge < -0.3 is 10.5 Å². The largest absolute Gasteiger partial charge is 0.487 e. The van der Waals surface area contributed by atoms with E-state index in [0.717, 1.165) is 36.0 Å². The highest BCUT2D eigenvalue weighted by Gasteiger charge is 2.58. The molecule has 6 nitrogen and oxygen atoms in total. The molecule has 2 aromatic carbocycles. The summed E-state index contributed by atoms with van der Waals surface area (Å²) in [6.07, 6.45) is 4.60. The van der Waals surface area contributed by atoms with Crippen LogP contribution in [0.4, 0.5) is 5.69 Å². The zero-order chi connectivity index (χ0) is 21.8. The van der Waals surface area contributed by atoms with Crippen LogP contribution in [0, 0.1) is 12.5 Å². The Labute approximate surface area is 182 Å². The van der Waals surface area contributed by atoms with E-state index in [1.807, 2.05) is 36.4 Å². The third-order valence-electron chi connectivity index (χ3n) is 7.00. The third-order valence-corrected chi connectivity index (χ3v) is 7.00. The number of hydrogen-bond donors (Lipinski definition) is 1. The van der Waals surface area contributed by atoms with Gasteiger partial charge in [0, 0.05) is 19.0 Å². The van der Waals surface area contributed by atoms with Crippen LogP contribution in [0.25, 0.3) is 16.0 Å². The van der Waals surface area contributed by atoms with E-state index in [0.29, 0.717) is 23.8 Å². The van der Waals surface area contributed by atoms with Crippen molar-refractivity contribution in [1.82, 2.24) is 4.90 Å². The van der Waals surface area contributed by atoms with Crippen LogP contribution in [0.3, 0.4) is 0 Å². The van der Waals surface area contributed by atoms with Gasteiger partial charge in [0.25, 0.3) is 5.91 Å². The van der Waals surface area contributed by atoms with Crippen molar-refractivity contribution in [2.75, 3.05) is 7.05 Å². The van der Waals surface area contributed by atoms with Gasteiger partial charge in [0.2, 0.25) is 0 Å². The highest BCUT2D eigenvalue weighted by Crippen LogP contribution is 2.54. The van der Waals surface area contributed by atoms with Crippen LogP contribution in [-0.4, -0.2) is 29.4 Å². The van der Waals surface area contributed by atoms with Crippen LogP contribution in [-0.2, 0) is 10.3 Å². The van der Waals surface area contributed by atoms with E-state index >= 15 is 0 Å². The molecule has 2 heterocycles. The zero-order valence-electron chi connectivity index (χ0n) is 17.9. The maximum atomic E-state index is 13.5. The maximum Gasteiger partial charge on any atom is 0.261 e. The number of ether oxygens (including phenoxy) is 1. The molecule has 3 unspecified atom stereocenters. The molecule has 0 saturated heterocycles. The third kappa shape index (κ3) is 2.99. The molecular formula is C25H26N4O2. The quantitative estimate of drug-likeness (QED) is 0.692. The first-order valence-corrected chi connectivity index (χ1v) is 10.8. The number of likely N-dealkylation sites (N-methyl/N-ethyl adjacent to an activating group) is 1. The Morgan fingerprint density at radius 1 is 1.26 bits per heavy atom. The smallest absolute Gasteiger partial charge is 0.261 e. The normalized spacial score (nSPS) is 29.5. The topological polar surface area (TPSA) is 72.3 Å². The molecule has 2 spiro atoms. The predicted octanol–water partition coefficient (Wildman–Crippen LogP) is 4.62. The first-order chi connectivity index (χ1) is 14.9. The van der Waals surface area contributed by atoms with Crippen molar-refractivity contribution in [2.45, 2.75) is 50.2 Å². The number of carbonyl (C=O) groups excluding carboxylic acids is 1. The van der Waals surface area contributed by atoms with Crippen molar-refractivity contribution in [3.05, 3.63) is 59.4 Å². The van der Waals surface area contributed by atoms with Crippen LogP contribution < -0.4 is 10.5 Å². The molecule has 0 bridgehead atoms. The number of benzene rings is 2. The van der Waals surface area contributed by atoms with Crippen LogP contribution in [0.15, 0.2) is 47.5 Å². The van der Waals surface area contributed by atoms with E-state index < -0.39 is 11.1 Å². The van der Waals surface area contributed by atoms with Crippen molar-refractivity contribution >= 4 is 17.6 Å². The van der Waals surface area contributed by atoms with Gasteiger partial charge >= 0.3 is 0 Å². The molecule has 2 N–H and O–H groups in total. The van der Waals surface area contributed by atoms with Crippen molar-refractivity contribution < 1.29 is 9.53 Å². The van der Waals surface area contributed by atoms with Gasteiger partial charge in [-0.2, -0.15) is 0 Å². The van der Waals surface area contributed by atoms with E-state index in [-0.39, 0.29) is 11.9 Å². The first kappa shape index (κ1) is 19.6. The fourth-order valence-corrected chi connectivity index (χ4v) is 5.56. The van der Waals surface area contributed by atoms with Crippen LogP contribution in [0.1, 0.15) is 44.6 Å². The lowest BCUT2D eigenvalue weighted by Gasteiger charge is -2.48. The highest BCUT2D eigenvalue weighted by atomic mass is 16.5. The summed E-state index contributed by atoms with van der Waals surface area (Å²) in [7, 11) is 1.68. The van der Waals surface area contributed by atoms with E-state index in [9.17, 15) is 4.79 Å². The standard InChI is InChI=1S/C25H26N4O2/c1-16-6-5-11-24(14-16)15-25(22(30)29(3)23(26)28-25)20-13-18(9-10-21(20)31-24)17-7-4-8-19(12-17)27-2/h4,7-10,12-13,16H,5-6,11,14-15H2,1,3H3,(H2,26,28). The minimum Gasteiger partial charge on any atom is -0.487 e. The van der Waals surface area contributed by atoms with Crippen molar-refractivity contribution in [3.63, 3.8) is 0 Å². The Hall–Kier alpha value is -3.33. The second-order valence-corrected chi connectivity index (χ2v) is 9.23. The molecule has 5 rings (SSSR count). The molecule has 1 fully saturated rings. The van der Waals surface area contributed by atoms with Gasteiger partial charge in [0.1, 0.15) is 11.4 Å². The predicted molar refractivity (Wildman–Crippen MR) is 120 cm³/mol. The first-order valence-electron chi connectivity index (χ1n) is 10.8. The highest BCUT2D eigenvalue weighted by molar-refractivity contribution is 6.07. The summed E-state index contributed by atoms with van der Waals surface area (Å²) >= 11 is 0. The van der Waals surface area contributed by atoms with Crippen LogP contribution in [0.2, 0.25) is 0 Å². The van der Waals surface area contributed by atoms with E-state index in [1.165, 1.54) is 11.3 Å². The molecule has 3 atom stereocenters. The number of hydrogen-bond acceptors (Lipinski definition) is 4. The van der Waals surface area contributed by atoms with Gasteiger partial charge in [0.15, 0.2) is 17.2 Å². The van der Waals surface area contributed by atoms with Crippen LogP contribution in [0.5, 0.6) is 5.75 Å². The maximum absolute atomic E-state index is 13.5. The van der Waals surface area contributed by atoms with Crippen molar-refractivity contribution in [2.24, 2.45) is 16.6 Å². The van der Waals surface area contributed by atoms with Gasteiger partial charge in [-0.25, -0.2) is 9.84 Å². The summed E-state index contributed by atoms with van der Waals surface area (Å²) in [5.41, 5.74) is 7.88. The molecule has 0 radical (unpaired) electrons. The molecule has 158 valence electrons. The number of rotatable bonds is 1. The second-order valence-electron chi connectivity index (χ2n) is 9.23. The van der Waals surface area contributed by atoms with Gasteiger partial charge in [0.05, 0.1) is 6.57 Å². The molecule has 0 aromatic heterocycles. The van der Waals surface area contributed by atoms with Crippen LogP contribution >= 0.6 is 0 Å². The summed E-state index contributed by atoms with van der Waals surface area (Å²) < 4.78 is 6.64. The lowest BCUT2D eigenvalue weighted by atomic mass is 9.68. The molecular weight excluding hydrogens is 388 g/mol. The Morgan fingerprint density at radius 2 is 2.06 bits per heavy atom. The molecule has 2 aliphatic heterocycles. The monoisotopic (exact) mass is 414 g/mol. The van der Waals surface area contributed by atoms with E-state index in [4.69, 9.17) is 22.0 Å². The summed E-state index contributed by atoms with van der Waals surface area (Å²) in [6.45, 7) is 9.56. The van der Waals surface area contributed by atoms with E-state index in [2.05, 4.69) is 11.8 Å². The minimum absolute atomic E-state index is 0.0980. The van der Waals surface area contributed by atoms with Crippen molar-refractivity contribution in [1.29, 1.82) is 0 Å². The molecule has 6 heteroatoms. The number of nitrogens with zero attached hydrogens (tertiary/aromatic N) is 3. The minimum atomic E-state index is -1.06. The molecule has 2 aromatic rings. The number of guanidine groups is 1. The number of aliphatic imine (C=N–C) groups is 1. The summed E-state index contributed by atoms with van der Waals surface area (Å²) in [4.78, 5) is 23.3. The lowest BCUT2D eigenvalue weighted by Crippen LogP contribution is -2.53. The lowest BCUT2D eigenvalue weighted by molar-refractivity contribution is -0.135. The van der Waals surface area contributed by atoms with Gasteiger partial charge in [-0.3, -0.25) is 9.69 Å². The summed E-state index contributed by atoms with van der Waals surface area (Å²) in [6, 6.07) is 13.4. The second kappa shape index (κ2) is 6.84. The van der Waals surface area contributed by atoms with Gasteiger partial charge in [-0.15, -0.1) is 0 Å². The number of carbonyl (C=O) groups is 1. The fourth-order valence-electron chi connectivity index (χ4n) is 5.56. The van der Waals surface area contributed by atoms with Gasteiger partial charge in [-0.1, -0.05) is 37.6 Å². The SMILES string of the molecule is [C-]#[N+]c1cccc(-c2ccc3c(c2)C2(CC4(CCCC(C)C4)O3)N=C(N)N(C)C2=O)c1. The summed E-state index contributed by atoms with van der Waals surface area (Å²) in [5, 5.41) is 0. The number of amides is 1. The van der Waals surface area contributed by atoms with Gasteiger partial charge in [-0.05, 0) is 54.5 Å². The summed E-state index contributed by atoms with van der Waals surface area (Å²) in [5.74, 6) is 1.40. The molecule has 1 aliphatic carbocycles. The molecule has 1 amide bonds. The van der Waals surface area contributed by atoms with Crippen molar-refractivity contribution in [3.8, 4) is 16.9 Å². The molecule has 3 aliphatic rings. The number of nitrogens with two attached hydrogens (primary N) is 1.